The summed E-state index contributed by atoms with van der Waals surface area (Å²) in [4.78, 5) is 15.5. The lowest BCUT2D eigenvalue weighted by Crippen LogP contribution is -2.33. The first-order valence-electron chi connectivity index (χ1n) is 10.3. The van der Waals surface area contributed by atoms with Crippen molar-refractivity contribution in [3.05, 3.63) is 60.6 Å². The number of carbonyl (C=O) groups excluding carboxylic acids is 1. The van der Waals surface area contributed by atoms with Gasteiger partial charge in [-0.3, -0.25) is 14.5 Å². The second kappa shape index (κ2) is 8.04. The van der Waals surface area contributed by atoms with Crippen molar-refractivity contribution < 1.29 is 18.3 Å². The first kappa shape index (κ1) is 20.1. The van der Waals surface area contributed by atoms with E-state index in [1.54, 1.807) is 29.2 Å². The number of aromatic nitrogens is 5. The maximum Gasteiger partial charge on any atom is 0.284 e. The molecule has 5 rings (SSSR count). The predicted molar refractivity (Wildman–Crippen MR) is 112 cm³/mol. The van der Waals surface area contributed by atoms with Crippen LogP contribution in [0.2, 0.25) is 0 Å². The molecule has 32 heavy (non-hydrogen) atoms. The van der Waals surface area contributed by atoms with Gasteiger partial charge in [0.15, 0.2) is 5.76 Å². The average Bonchev–Trinajstić information content (AvgIpc) is 3.49. The number of nitrogens with zero attached hydrogens (tertiary/aromatic N) is 5. The van der Waals surface area contributed by atoms with E-state index in [1.165, 1.54) is 12.1 Å². The molecule has 10 heteroatoms. The lowest BCUT2D eigenvalue weighted by Gasteiger charge is -2.34. The normalized spacial score (nSPS) is 17.9. The summed E-state index contributed by atoms with van der Waals surface area (Å²) >= 11 is 0. The van der Waals surface area contributed by atoms with E-state index in [4.69, 9.17) is 20.0 Å². The van der Waals surface area contributed by atoms with Gasteiger partial charge in [0, 0.05) is 12.8 Å². The third-order valence-electron chi connectivity index (χ3n) is 5.49. The first-order chi connectivity index (χ1) is 15.5. The summed E-state index contributed by atoms with van der Waals surface area (Å²) in [5.74, 6) is -0.513. The highest BCUT2D eigenvalue weighted by molar-refractivity contribution is 5.90. The molecule has 0 spiro atoms. The molecule has 1 aliphatic carbocycles. The Labute approximate surface area is 182 Å². The monoisotopic (exact) mass is 436 g/mol. The fourth-order valence-electron chi connectivity index (χ4n) is 3.77. The molecule has 2 N–H and O–H groups in total. The summed E-state index contributed by atoms with van der Waals surface area (Å²) in [6.45, 7) is 2.67. The van der Waals surface area contributed by atoms with Crippen LogP contribution >= 0.6 is 0 Å². The molecule has 1 amide bonds. The average molecular weight is 436 g/mol. The van der Waals surface area contributed by atoms with Crippen molar-refractivity contribution in [2.45, 2.75) is 31.9 Å². The Morgan fingerprint density at radius 1 is 1.25 bits per heavy atom. The number of pyridine rings is 1. The molecule has 4 aromatic heterocycles. The number of halogens is 1. The van der Waals surface area contributed by atoms with Crippen molar-refractivity contribution in [3.8, 4) is 28.4 Å². The van der Waals surface area contributed by atoms with E-state index in [0.29, 0.717) is 35.0 Å². The summed E-state index contributed by atoms with van der Waals surface area (Å²) in [5.41, 5.74) is 7.74. The van der Waals surface area contributed by atoms with Gasteiger partial charge in [0.2, 0.25) is 0 Å². The number of hydrogen-bond acceptors (Lipinski definition) is 6. The molecule has 1 saturated carbocycles. The van der Waals surface area contributed by atoms with Crippen LogP contribution in [0.1, 0.15) is 36.4 Å². The third-order valence-corrected chi connectivity index (χ3v) is 5.49. The van der Waals surface area contributed by atoms with Crippen molar-refractivity contribution in [1.29, 1.82) is 0 Å². The maximum atomic E-state index is 13.4. The number of nitrogens with two attached hydrogens (primary N) is 1. The molecule has 9 nitrogen and oxygen atoms in total. The molecule has 0 unspecified atom stereocenters. The molecule has 4 aromatic rings. The Morgan fingerprint density at radius 2 is 2.09 bits per heavy atom. The molecule has 0 bridgehead atoms. The molecule has 0 radical (unpaired) electrons. The summed E-state index contributed by atoms with van der Waals surface area (Å²) < 4.78 is 28.1. The fraction of sp³-hybridized carbons (Fsp3) is 0.273. The second-order valence-electron chi connectivity index (χ2n) is 7.61. The fourth-order valence-corrected chi connectivity index (χ4v) is 3.77. The van der Waals surface area contributed by atoms with E-state index >= 15 is 0 Å². The topological polar surface area (TPSA) is 114 Å². The predicted octanol–water partition coefficient (Wildman–Crippen LogP) is 3.37. The van der Waals surface area contributed by atoms with E-state index in [0.717, 1.165) is 19.0 Å². The Bertz CT molecular complexity index is 1250. The largest absolute Gasteiger partial charge is 0.451 e. The van der Waals surface area contributed by atoms with Crippen LogP contribution in [0.15, 0.2) is 53.5 Å². The van der Waals surface area contributed by atoms with Gasteiger partial charge in [-0.25, -0.2) is 9.07 Å². The van der Waals surface area contributed by atoms with Crippen molar-refractivity contribution in [3.63, 3.8) is 0 Å². The highest BCUT2D eigenvalue weighted by Crippen LogP contribution is 2.36. The van der Waals surface area contributed by atoms with Gasteiger partial charge >= 0.3 is 0 Å². The van der Waals surface area contributed by atoms with Gasteiger partial charge < -0.3 is 14.9 Å². The lowest BCUT2D eigenvalue weighted by atomic mass is 9.89. The molecule has 164 valence electrons. The van der Waals surface area contributed by atoms with E-state index in [2.05, 4.69) is 10.1 Å². The minimum atomic E-state index is -0.638. The number of rotatable bonds is 7. The van der Waals surface area contributed by atoms with Gasteiger partial charge in [-0.05, 0) is 44.0 Å². The van der Waals surface area contributed by atoms with E-state index in [1.807, 2.05) is 17.8 Å². The maximum absolute atomic E-state index is 13.4. The van der Waals surface area contributed by atoms with Gasteiger partial charge in [-0.2, -0.15) is 10.2 Å². The molecular formula is C22H21FN6O3. The summed E-state index contributed by atoms with van der Waals surface area (Å²) in [7, 11) is 0. The van der Waals surface area contributed by atoms with Crippen LogP contribution in [0.25, 0.3) is 28.4 Å². The van der Waals surface area contributed by atoms with E-state index in [9.17, 15) is 9.18 Å². The number of hydrogen-bond donors (Lipinski definition) is 1. The minimum Gasteiger partial charge on any atom is -0.451 e. The van der Waals surface area contributed by atoms with Crippen molar-refractivity contribution >= 4 is 5.91 Å². The van der Waals surface area contributed by atoms with Crippen molar-refractivity contribution in [2.75, 3.05) is 6.61 Å². The SMILES string of the molecule is CCOC1CC(n2cc(-n3cc(-c4ccc(C(N)=O)o4)cn3)c(-c3ccc(F)cn3)n2)C1. The third kappa shape index (κ3) is 3.69. The Morgan fingerprint density at radius 3 is 2.78 bits per heavy atom. The molecule has 0 aliphatic heterocycles. The number of furan rings is 1. The molecule has 0 saturated heterocycles. The van der Waals surface area contributed by atoms with Crippen LogP contribution in [-0.4, -0.2) is 43.2 Å². The zero-order valence-electron chi connectivity index (χ0n) is 17.3. The Hall–Kier alpha value is -3.79. The molecule has 0 aromatic carbocycles. The quantitative estimate of drug-likeness (QED) is 0.475. The van der Waals surface area contributed by atoms with E-state index in [-0.39, 0.29) is 17.9 Å². The zero-order chi connectivity index (χ0) is 22.2. The molecular weight excluding hydrogens is 415 g/mol. The molecule has 0 atom stereocenters. The van der Waals surface area contributed by atoms with Crippen molar-refractivity contribution in [1.82, 2.24) is 24.5 Å². The smallest absolute Gasteiger partial charge is 0.284 e. The number of carbonyl (C=O) groups is 1. The minimum absolute atomic E-state index is 0.0746. The Kier molecular flexibility index (Phi) is 5.06. The van der Waals surface area contributed by atoms with E-state index < -0.39 is 11.7 Å². The zero-order valence-corrected chi connectivity index (χ0v) is 17.3. The highest BCUT2D eigenvalue weighted by atomic mass is 19.1. The molecule has 4 heterocycles. The standard InChI is InChI=1S/C22H21FN6O3/c1-2-31-16-7-15(8-16)28-12-18(21(27-28)17-4-3-14(23)10-25-17)29-11-13(9-26-29)19-5-6-20(32-19)22(24)30/h3-6,9-12,15-16H,2,7-8H2,1H3,(H2,24,30). The van der Waals surface area contributed by atoms with Gasteiger partial charge in [0.05, 0.1) is 42.0 Å². The number of primary amides is 1. The summed E-state index contributed by atoms with van der Waals surface area (Å²) in [5, 5.41) is 9.19. The second-order valence-corrected chi connectivity index (χ2v) is 7.61. The van der Waals surface area contributed by atoms with Crippen molar-refractivity contribution in [2.24, 2.45) is 5.73 Å². The van der Waals surface area contributed by atoms with Crippen LogP contribution in [0.4, 0.5) is 4.39 Å². The summed E-state index contributed by atoms with van der Waals surface area (Å²) in [6, 6.07) is 6.33. The van der Waals surface area contributed by atoms with Gasteiger partial charge in [-0.1, -0.05) is 0 Å². The summed E-state index contributed by atoms with van der Waals surface area (Å²) in [6.07, 6.45) is 8.44. The Balaban J connectivity index is 1.50. The highest BCUT2D eigenvalue weighted by Gasteiger charge is 2.32. The van der Waals surface area contributed by atoms with Crippen LogP contribution in [0.5, 0.6) is 0 Å². The van der Waals surface area contributed by atoms with Gasteiger partial charge in [-0.15, -0.1) is 0 Å². The first-order valence-corrected chi connectivity index (χ1v) is 10.3. The van der Waals surface area contributed by atoms with Crippen LogP contribution in [-0.2, 0) is 4.74 Å². The lowest BCUT2D eigenvalue weighted by molar-refractivity contribution is -0.0226. The molecule has 1 aliphatic rings. The van der Waals surface area contributed by atoms with Crippen LogP contribution < -0.4 is 5.73 Å². The number of amides is 1. The van der Waals surface area contributed by atoms with Crippen LogP contribution in [0, 0.1) is 5.82 Å². The van der Waals surface area contributed by atoms with Gasteiger partial charge in [0.25, 0.3) is 5.91 Å². The number of ether oxygens (including phenoxy) is 1. The molecule has 1 fully saturated rings. The van der Waals surface area contributed by atoms with Crippen LogP contribution in [0.3, 0.4) is 0 Å². The van der Waals surface area contributed by atoms with Gasteiger partial charge in [0.1, 0.15) is 23.0 Å².